The minimum absolute atomic E-state index is 0.0947. The number of piperidine rings is 1. The maximum atomic E-state index is 12.9. The van der Waals surface area contributed by atoms with Gasteiger partial charge in [-0.2, -0.15) is 5.10 Å². The van der Waals surface area contributed by atoms with Crippen molar-refractivity contribution in [3.05, 3.63) is 53.6 Å². The third kappa shape index (κ3) is 6.01. The Hall–Kier alpha value is -3.00. The van der Waals surface area contributed by atoms with Crippen molar-refractivity contribution < 1.29 is 19.1 Å². The van der Waals surface area contributed by atoms with Crippen molar-refractivity contribution >= 4 is 29.8 Å². The fraction of sp³-hybridized carbons (Fsp3) is 0.348. The second-order valence-corrected chi connectivity index (χ2v) is 8.05. The number of nitrogens with one attached hydrogen (secondary N) is 1. The molecule has 164 valence electrons. The third-order valence-electron chi connectivity index (χ3n) is 5.26. The number of hydrogen-bond donors (Lipinski definition) is 1. The molecule has 2 aromatic carbocycles. The first-order valence-electron chi connectivity index (χ1n) is 10.0. The normalized spacial score (nSPS) is 14.5. The highest BCUT2D eigenvalue weighted by Crippen LogP contribution is 2.25. The molecule has 8 heteroatoms. The van der Waals surface area contributed by atoms with Crippen LogP contribution >= 0.6 is 11.8 Å². The standard InChI is InChI=1S/C23H27N3O4S/c1-29-19-12-18(13-20(14-19)30-2)23(28)26-10-8-17(9-11-26)22(27)25-24-15-16-4-6-21(31-3)7-5-16/h4-7,12-15,17H,8-11H2,1-3H3,(H,25,27)/b24-15-. The van der Waals surface area contributed by atoms with Crippen LogP contribution in [0.4, 0.5) is 0 Å². The minimum atomic E-state index is -0.167. The zero-order valence-electron chi connectivity index (χ0n) is 18.0. The molecule has 1 aliphatic heterocycles. The Labute approximate surface area is 186 Å². The lowest BCUT2D eigenvalue weighted by atomic mass is 9.95. The number of ether oxygens (including phenoxy) is 2. The van der Waals surface area contributed by atoms with Gasteiger partial charge in [0.25, 0.3) is 5.91 Å². The van der Waals surface area contributed by atoms with Gasteiger partial charge in [0, 0.05) is 35.5 Å². The van der Waals surface area contributed by atoms with Gasteiger partial charge in [0.05, 0.1) is 20.4 Å². The molecule has 0 bridgehead atoms. The van der Waals surface area contributed by atoms with Crippen LogP contribution in [0.5, 0.6) is 11.5 Å². The number of likely N-dealkylation sites (tertiary alicyclic amines) is 1. The molecule has 0 aromatic heterocycles. The Balaban J connectivity index is 1.52. The highest BCUT2D eigenvalue weighted by Gasteiger charge is 2.28. The summed E-state index contributed by atoms with van der Waals surface area (Å²) in [6.45, 7) is 1.02. The number of carbonyl (C=O) groups is 2. The predicted octanol–water partition coefficient (Wildman–Crippen LogP) is 3.43. The van der Waals surface area contributed by atoms with Crippen molar-refractivity contribution in [1.29, 1.82) is 0 Å². The Morgan fingerprint density at radius 1 is 1.06 bits per heavy atom. The summed E-state index contributed by atoms with van der Waals surface area (Å²) >= 11 is 1.67. The van der Waals surface area contributed by atoms with E-state index in [0.717, 1.165) is 5.56 Å². The molecule has 31 heavy (non-hydrogen) atoms. The number of benzene rings is 2. The molecule has 0 aliphatic carbocycles. The first-order chi connectivity index (χ1) is 15.0. The molecule has 1 heterocycles. The van der Waals surface area contributed by atoms with E-state index in [-0.39, 0.29) is 17.7 Å². The average Bonchev–Trinajstić information content (AvgIpc) is 2.83. The van der Waals surface area contributed by atoms with Crippen LogP contribution in [0.15, 0.2) is 52.5 Å². The monoisotopic (exact) mass is 441 g/mol. The summed E-state index contributed by atoms with van der Waals surface area (Å²) in [7, 11) is 3.10. The van der Waals surface area contributed by atoms with Crippen LogP contribution in [-0.2, 0) is 4.79 Å². The van der Waals surface area contributed by atoms with Crippen LogP contribution in [-0.4, -0.2) is 56.5 Å². The zero-order chi connectivity index (χ0) is 22.2. The molecule has 2 aromatic rings. The molecule has 1 fully saturated rings. The molecule has 1 N–H and O–H groups in total. The Morgan fingerprint density at radius 2 is 1.68 bits per heavy atom. The SMILES string of the molecule is COc1cc(OC)cc(C(=O)N2CCC(C(=O)N/N=C\c3ccc(SC)cc3)CC2)c1. The maximum absolute atomic E-state index is 12.9. The Kier molecular flexibility index (Phi) is 7.94. The van der Waals surface area contributed by atoms with Gasteiger partial charge in [-0.3, -0.25) is 9.59 Å². The summed E-state index contributed by atoms with van der Waals surface area (Å²) in [6.07, 6.45) is 4.85. The lowest BCUT2D eigenvalue weighted by Crippen LogP contribution is -2.42. The maximum Gasteiger partial charge on any atom is 0.254 e. The van der Waals surface area contributed by atoms with Gasteiger partial charge in [0.1, 0.15) is 11.5 Å². The van der Waals surface area contributed by atoms with Crippen LogP contribution < -0.4 is 14.9 Å². The molecule has 1 aliphatic rings. The molecule has 0 radical (unpaired) electrons. The van der Waals surface area contributed by atoms with Crippen molar-refractivity contribution in [1.82, 2.24) is 10.3 Å². The number of nitrogens with zero attached hydrogens (tertiary/aromatic N) is 2. The van der Waals surface area contributed by atoms with Gasteiger partial charge in [-0.25, -0.2) is 5.43 Å². The highest BCUT2D eigenvalue weighted by atomic mass is 32.2. The van der Waals surface area contributed by atoms with E-state index in [1.807, 2.05) is 30.5 Å². The summed E-state index contributed by atoms with van der Waals surface area (Å²) < 4.78 is 10.5. The van der Waals surface area contributed by atoms with E-state index in [9.17, 15) is 9.59 Å². The fourth-order valence-electron chi connectivity index (χ4n) is 3.41. The average molecular weight is 442 g/mol. The van der Waals surface area contributed by atoms with E-state index in [1.54, 1.807) is 55.3 Å². The van der Waals surface area contributed by atoms with Crippen molar-refractivity contribution in [2.45, 2.75) is 17.7 Å². The summed E-state index contributed by atoms with van der Waals surface area (Å²) in [5.41, 5.74) is 4.06. The molecular formula is C23H27N3O4S. The molecule has 0 saturated carbocycles. The summed E-state index contributed by atoms with van der Waals surface area (Å²) in [6, 6.07) is 13.1. The molecule has 0 spiro atoms. The van der Waals surface area contributed by atoms with Gasteiger partial charge in [-0.1, -0.05) is 12.1 Å². The number of thioether (sulfide) groups is 1. The minimum Gasteiger partial charge on any atom is -0.497 e. The zero-order valence-corrected chi connectivity index (χ0v) is 18.8. The first-order valence-corrected chi connectivity index (χ1v) is 11.3. The molecule has 0 atom stereocenters. The highest BCUT2D eigenvalue weighted by molar-refractivity contribution is 7.98. The van der Waals surface area contributed by atoms with Crippen molar-refractivity contribution in [2.75, 3.05) is 33.6 Å². The van der Waals surface area contributed by atoms with E-state index in [1.165, 1.54) is 4.90 Å². The molecule has 2 amide bonds. The summed E-state index contributed by atoms with van der Waals surface area (Å²) in [5.74, 6) is 0.755. The quantitative estimate of drug-likeness (QED) is 0.405. The molecule has 3 rings (SSSR count). The van der Waals surface area contributed by atoms with Crippen LogP contribution in [0.1, 0.15) is 28.8 Å². The van der Waals surface area contributed by atoms with E-state index in [2.05, 4.69) is 10.5 Å². The van der Waals surface area contributed by atoms with E-state index in [0.29, 0.717) is 43.0 Å². The number of hydrazone groups is 1. The molecule has 0 unspecified atom stereocenters. The molecule has 7 nitrogen and oxygen atoms in total. The van der Waals surface area contributed by atoms with Crippen LogP contribution in [0.2, 0.25) is 0 Å². The number of carbonyl (C=O) groups excluding carboxylic acids is 2. The van der Waals surface area contributed by atoms with Crippen LogP contribution in [0.25, 0.3) is 0 Å². The fourth-order valence-corrected chi connectivity index (χ4v) is 3.82. The summed E-state index contributed by atoms with van der Waals surface area (Å²) in [5, 5.41) is 4.07. The smallest absolute Gasteiger partial charge is 0.254 e. The Bertz CT molecular complexity index is 916. The molecular weight excluding hydrogens is 414 g/mol. The van der Waals surface area contributed by atoms with Crippen molar-refractivity contribution in [3.8, 4) is 11.5 Å². The van der Waals surface area contributed by atoms with E-state index < -0.39 is 0 Å². The Morgan fingerprint density at radius 3 is 2.23 bits per heavy atom. The number of rotatable bonds is 7. The number of hydrogen-bond acceptors (Lipinski definition) is 6. The summed E-state index contributed by atoms with van der Waals surface area (Å²) in [4.78, 5) is 28.2. The van der Waals surface area contributed by atoms with Gasteiger partial charge in [0.15, 0.2) is 0 Å². The van der Waals surface area contributed by atoms with Gasteiger partial charge in [0.2, 0.25) is 5.91 Å². The predicted molar refractivity (Wildman–Crippen MR) is 122 cm³/mol. The number of methoxy groups -OCH3 is 2. The van der Waals surface area contributed by atoms with Crippen LogP contribution in [0, 0.1) is 5.92 Å². The molecule has 1 saturated heterocycles. The first kappa shape index (κ1) is 22.7. The number of amides is 2. The largest absolute Gasteiger partial charge is 0.497 e. The van der Waals surface area contributed by atoms with Gasteiger partial charge in [-0.15, -0.1) is 11.8 Å². The van der Waals surface area contributed by atoms with Crippen LogP contribution in [0.3, 0.4) is 0 Å². The third-order valence-corrected chi connectivity index (χ3v) is 6.00. The lowest BCUT2D eigenvalue weighted by molar-refractivity contribution is -0.126. The van der Waals surface area contributed by atoms with E-state index >= 15 is 0 Å². The van der Waals surface area contributed by atoms with E-state index in [4.69, 9.17) is 9.47 Å². The van der Waals surface area contributed by atoms with Gasteiger partial charge >= 0.3 is 0 Å². The van der Waals surface area contributed by atoms with Gasteiger partial charge < -0.3 is 14.4 Å². The second kappa shape index (κ2) is 10.9. The van der Waals surface area contributed by atoms with Crippen molar-refractivity contribution in [3.63, 3.8) is 0 Å². The topological polar surface area (TPSA) is 80.2 Å². The second-order valence-electron chi connectivity index (χ2n) is 7.18. The lowest BCUT2D eigenvalue weighted by Gasteiger charge is -2.31. The van der Waals surface area contributed by atoms with Gasteiger partial charge in [-0.05, 0) is 48.9 Å². The van der Waals surface area contributed by atoms with Crippen molar-refractivity contribution in [2.24, 2.45) is 11.0 Å².